The van der Waals surface area contributed by atoms with Crippen LogP contribution in [0.1, 0.15) is 17.5 Å². The quantitative estimate of drug-likeness (QED) is 0.879. The Kier molecular flexibility index (Phi) is 4.98. The van der Waals surface area contributed by atoms with Crippen molar-refractivity contribution in [1.29, 1.82) is 0 Å². The Bertz CT molecular complexity index is 482. The number of hydrogen-bond donors (Lipinski definition) is 2. The molecule has 0 radical (unpaired) electrons. The van der Waals surface area contributed by atoms with Gasteiger partial charge in [0.25, 0.3) is 0 Å². The highest BCUT2D eigenvalue weighted by molar-refractivity contribution is 5.92. The number of nitrogens with one attached hydrogen (secondary N) is 2. The molecule has 0 bridgehead atoms. The van der Waals surface area contributed by atoms with Gasteiger partial charge in [0, 0.05) is 24.3 Å². The minimum atomic E-state index is -0.0450. The fraction of sp³-hybridized carbons (Fsp3) is 0.533. The van der Waals surface area contributed by atoms with E-state index in [2.05, 4.69) is 10.6 Å². The number of carbonyl (C=O) groups is 1. The molecule has 1 amide bonds. The predicted molar refractivity (Wildman–Crippen MR) is 78.3 cm³/mol. The summed E-state index contributed by atoms with van der Waals surface area (Å²) in [7, 11) is 1.64. The highest BCUT2D eigenvalue weighted by Gasteiger charge is 2.18. The van der Waals surface area contributed by atoms with Crippen molar-refractivity contribution in [2.45, 2.75) is 26.4 Å². The van der Waals surface area contributed by atoms with Crippen molar-refractivity contribution in [1.82, 2.24) is 5.32 Å². The lowest BCUT2D eigenvalue weighted by molar-refractivity contribution is -0.119. The van der Waals surface area contributed by atoms with Gasteiger partial charge in [-0.1, -0.05) is 6.07 Å². The summed E-state index contributed by atoms with van der Waals surface area (Å²) in [5, 5.41) is 6.15. The molecule has 1 aliphatic rings. The first-order chi connectivity index (χ1) is 9.61. The number of morpholine rings is 1. The summed E-state index contributed by atoms with van der Waals surface area (Å²) in [6.07, 6.45) is 0.319. The van der Waals surface area contributed by atoms with Gasteiger partial charge < -0.3 is 20.1 Å². The van der Waals surface area contributed by atoms with Crippen LogP contribution in [0.5, 0.6) is 5.75 Å². The maximum atomic E-state index is 12.1. The van der Waals surface area contributed by atoms with Gasteiger partial charge >= 0.3 is 0 Å². The van der Waals surface area contributed by atoms with Gasteiger partial charge in [-0.2, -0.15) is 0 Å². The normalized spacial score (nSPS) is 18.6. The van der Waals surface area contributed by atoms with Gasteiger partial charge in [0.1, 0.15) is 5.75 Å². The van der Waals surface area contributed by atoms with E-state index in [1.165, 1.54) is 0 Å². The first-order valence-corrected chi connectivity index (χ1v) is 6.88. The van der Waals surface area contributed by atoms with Crippen LogP contribution < -0.4 is 15.4 Å². The van der Waals surface area contributed by atoms with Crippen LogP contribution in [0.15, 0.2) is 12.1 Å². The van der Waals surface area contributed by atoms with Gasteiger partial charge in [-0.05, 0) is 25.5 Å². The van der Waals surface area contributed by atoms with E-state index in [0.717, 1.165) is 35.7 Å². The first kappa shape index (κ1) is 14.8. The Morgan fingerprint density at radius 3 is 2.95 bits per heavy atom. The SMILES string of the molecule is COc1c(C)ccc(NC(=O)CC2CNCCO2)c1C. The molecule has 1 aromatic rings. The standard InChI is InChI=1S/C15H22N2O3/c1-10-4-5-13(11(2)15(10)19-3)17-14(18)8-12-9-16-6-7-20-12/h4-5,12,16H,6-9H2,1-3H3,(H,17,18). The van der Waals surface area contributed by atoms with Gasteiger partial charge in [-0.15, -0.1) is 0 Å². The maximum absolute atomic E-state index is 12.1. The molecule has 1 atom stereocenters. The van der Waals surface area contributed by atoms with Gasteiger partial charge in [0.05, 0.1) is 26.2 Å². The molecule has 1 fully saturated rings. The van der Waals surface area contributed by atoms with Crippen LogP contribution in [-0.2, 0) is 9.53 Å². The molecule has 2 N–H and O–H groups in total. The van der Waals surface area contributed by atoms with Gasteiger partial charge in [-0.25, -0.2) is 0 Å². The molecule has 5 nitrogen and oxygen atoms in total. The average Bonchev–Trinajstić information content (AvgIpc) is 2.44. The highest BCUT2D eigenvalue weighted by Crippen LogP contribution is 2.29. The summed E-state index contributed by atoms with van der Waals surface area (Å²) in [5.41, 5.74) is 2.80. The second-order valence-corrected chi connectivity index (χ2v) is 5.04. The Hall–Kier alpha value is -1.59. The van der Waals surface area contributed by atoms with Crippen LogP contribution in [0.25, 0.3) is 0 Å². The van der Waals surface area contributed by atoms with E-state index in [9.17, 15) is 4.79 Å². The second kappa shape index (κ2) is 6.72. The van der Waals surface area contributed by atoms with E-state index in [-0.39, 0.29) is 12.0 Å². The largest absolute Gasteiger partial charge is 0.496 e. The minimum Gasteiger partial charge on any atom is -0.496 e. The molecule has 0 spiro atoms. The Morgan fingerprint density at radius 1 is 1.50 bits per heavy atom. The number of hydrogen-bond acceptors (Lipinski definition) is 4. The van der Waals surface area contributed by atoms with Crippen molar-refractivity contribution in [2.75, 3.05) is 32.1 Å². The monoisotopic (exact) mass is 278 g/mol. The minimum absolute atomic E-state index is 0.0345. The van der Waals surface area contributed by atoms with E-state index < -0.39 is 0 Å². The zero-order chi connectivity index (χ0) is 14.5. The van der Waals surface area contributed by atoms with Crippen LogP contribution >= 0.6 is 0 Å². The van der Waals surface area contributed by atoms with Crippen LogP contribution in [0, 0.1) is 13.8 Å². The first-order valence-electron chi connectivity index (χ1n) is 6.88. The lowest BCUT2D eigenvalue weighted by atomic mass is 10.1. The number of benzene rings is 1. The maximum Gasteiger partial charge on any atom is 0.227 e. The molecule has 5 heteroatoms. The third-order valence-corrected chi connectivity index (χ3v) is 3.50. The summed E-state index contributed by atoms with van der Waals surface area (Å²) in [5.74, 6) is 0.783. The van der Waals surface area contributed by atoms with Crippen LogP contribution in [0.2, 0.25) is 0 Å². The summed E-state index contributed by atoms with van der Waals surface area (Å²) >= 11 is 0. The van der Waals surface area contributed by atoms with Gasteiger partial charge in [-0.3, -0.25) is 4.79 Å². The number of anilines is 1. The number of amides is 1. The highest BCUT2D eigenvalue weighted by atomic mass is 16.5. The number of carbonyl (C=O) groups excluding carboxylic acids is 1. The molecule has 1 heterocycles. The third-order valence-electron chi connectivity index (χ3n) is 3.50. The molecule has 1 aromatic carbocycles. The molecule has 110 valence electrons. The fourth-order valence-electron chi connectivity index (χ4n) is 2.44. The van der Waals surface area contributed by atoms with Gasteiger partial charge in [0.15, 0.2) is 0 Å². The van der Waals surface area contributed by atoms with E-state index in [0.29, 0.717) is 13.0 Å². The molecule has 1 saturated heterocycles. The van der Waals surface area contributed by atoms with Gasteiger partial charge in [0.2, 0.25) is 5.91 Å². The fourth-order valence-corrected chi connectivity index (χ4v) is 2.44. The lowest BCUT2D eigenvalue weighted by Crippen LogP contribution is -2.40. The molecular formula is C15H22N2O3. The number of methoxy groups -OCH3 is 1. The zero-order valence-electron chi connectivity index (χ0n) is 12.3. The molecule has 2 rings (SSSR count). The Labute approximate surface area is 119 Å². The molecule has 1 aliphatic heterocycles. The van der Waals surface area contributed by atoms with Crippen molar-refractivity contribution in [2.24, 2.45) is 0 Å². The van der Waals surface area contributed by atoms with Crippen molar-refractivity contribution < 1.29 is 14.3 Å². The van der Waals surface area contributed by atoms with Crippen LogP contribution in [-0.4, -0.2) is 38.8 Å². The second-order valence-electron chi connectivity index (χ2n) is 5.04. The van der Waals surface area contributed by atoms with Crippen molar-refractivity contribution in [3.05, 3.63) is 23.3 Å². The topological polar surface area (TPSA) is 59.6 Å². The Balaban J connectivity index is 2.00. The summed E-state index contributed by atoms with van der Waals surface area (Å²) in [6.45, 7) is 6.17. The molecule has 0 aromatic heterocycles. The molecule has 1 unspecified atom stereocenters. The average molecular weight is 278 g/mol. The summed E-state index contributed by atoms with van der Waals surface area (Å²) < 4.78 is 10.9. The van der Waals surface area contributed by atoms with Crippen molar-refractivity contribution in [3.8, 4) is 5.75 Å². The van der Waals surface area contributed by atoms with Crippen molar-refractivity contribution in [3.63, 3.8) is 0 Å². The van der Waals surface area contributed by atoms with Crippen LogP contribution in [0.4, 0.5) is 5.69 Å². The summed E-state index contributed by atoms with van der Waals surface area (Å²) in [6, 6.07) is 3.85. The molecule has 0 aliphatic carbocycles. The molecule has 20 heavy (non-hydrogen) atoms. The van der Waals surface area contributed by atoms with E-state index >= 15 is 0 Å². The molecule has 0 saturated carbocycles. The van der Waals surface area contributed by atoms with E-state index in [1.807, 2.05) is 26.0 Å². The molecular weight excluding hydrogens is 256 g/mol. The van der Waals surface area contributed by atoms with E-state index in [1.54, 1.807) is 7.11 Å². The third kappa shape index (κ3) is 3.49. The van der Waals surface area contributed by atoms with E-state index in [4.69, 9.17) is 9.47 Å². The number of rotatable bonds is 4. The van der Waals surface area contributed by atoms with Crippen molar-refractivity contribution >= 4 is 11.6 Å². The zero-order valence-corrected chi connectivity index (χ0v) is 12.3. The summed E-state index contributed by atoms with van der Waals surface area (Å²) in [4.78, 5) is 12.1. The number of ether oxygens (including phenoxy) is 2. The Morgan fingerprint density at radius 2 is 2.30 bits per heavy atom. The number of aryl methyl sites for hydroxylation is 1. The lowest BCUT2D eigenvalue weighted by Gasteiger charge is -2.23. The predicted octanol–water partition coefficient (Wildman–Crippen LogP) is 1.63. The van der Waals surface area contributed by atoms with Crippen LogP contribution in [0.3, 0.4) is 0 Å². The smallest absolute Gasteiger partial charge is 0.227 e.